The molecule has 14 heteroatoms. The first kappa shape index (κ1) is 24.8. The molecule has 1 amide bonds. The summed E-state index contributed by atoms with van der Waals surface area (Å²) in [6, 6.07) is 5.48. The lowest BCUT2D eigenvalue weighted by atomic mass is 10.2. The van der Waals surface area contributed by atoms with E-state index in [1.807, 2.05) is 0 Å². The molecule has 8 nitrogen and oxygen atoms in total. The smallest absolute Gasteiger partial charge is 0.416 e. The molecule has 0 bridgehead atoms. The zero-order valence-electron chi connectivity index (χ0n) is 15.9. The fourth-order valence-corrected chi connectivity index (χ4v) is 3.58. The Morgan fingerprint density at radius 3 is 2.13 bits per heavy atom. The largest absolute Gasteiger partial charge is 0.480 e. The average Bonchev–Trinajstić information content (AvgIpc) is 2.59. The van der Waals surface area contributed by atoms with E-state index in [2.05, 4.69) is 0 Å². The van der Waals surface area contributed by atoms with Gasteiger partial charge in [0.2, 0.25) is 10.0 Å². The highest BCUT2D eigenvalue weighted by atomic mass is 35.5. The maximum atomic E-state index is 13.1. The third-order valence-corrected chi connectivity index (χ3v) is 5.48. The third-order valence-electron chi connectivity index (χ3n) is 3.48. The molecule has 0 aliphatic carbocycles. The van der Waals surface area contributed by atoms with Crippen LogP contribution in [0.2, 0.25) is 5.02 Å². The van der Waals surface area contributed by atoms with Crippen LogP contribution in [0.5, 0.6) is 17.2 Å². The second kappa shape index (κ2) is 8.93. The molecule has 0 heterocycles. The van der Waals surface area contributed by atoms with Crippen molar-refractivity contribution in [1.29, 1.82) is 0 Å². The summed E-state index contributed by atoms with van der Waals surface area (Å²) in [5, 5.41) is -0.207. The number of nitrogens with one attached hydrogen (secondary N) is 1. The molecular weight excluding hydrogens is 487 g/mol. The van der Waals surface area contributed by atoms with E-state index in [4.69, 9.17) is 21.1 Å². The van der Waals surface area contributed by atoms with Crippen molar-refractivity contribution in [2.75, 3.05) is 19.1 Å². The number of hydrogen-bond acceptors (Lipinski definition) is 7. The molecule has 0 aliphatic rings. The zero-order chi connectivity index (χ0) is 23.6. The molecule has 0 fully saturated rings. The first-order valence-corrected chi connectivity index (χ1v) is 12.2. The minimum atomic E-state index is -4.73. The van der Waals surface area contributed by atoms with Gasteiger partial charge in [-0.25, -0.2) is 16.8 Å². The van der Waals surface area contributed by atoms with Gasteiger partial charge in [0.15, 0.2) is 27.9 Å². The second-order valence-electron chi connectivity index (χ2n) is 6.21. The Hall–Kier alpha value is -2.51. The van der Waals surface area contributed by atoms with E-state index < -0.39 is 49.9 Å². The van der Waals surface area contributed by atoms with Crippen LogP contribution < -0.4 is 14.2 Å². The predicted octanol–water partition coefficient (Wildman–Crippen LogP) is 3.01. The molecule has 0 spiro atoms. The van der Waals surface area contributed by atoms with Crippen LogP contribution in [0.4, 0.5) is 13.2 Å². The van der Waals surface area contributed by atoms with Gasteiger partial charge in [-0.2, -0.15) is 13.2 Å². The maximum absolute atomic E-state index is 13.1. The van der Waals surface area contributed by atoms with Crippen LogP contribution in [0, 0.1) is 0 Å². The molecule has 2 aromatic carbocycles. The van der Waals surface area contributed by atoms with Crippen LogP contribution in [0.15, 0.2) is 41.3 Å². The van der Waals surface area contributed by atoms with Crippen molar-refractivity contribution in [3.8, 4) is 17.2 Å². The number of halogens is 4. The summed E-state index contributed by atoms with van der Waals surface area (Å²) >= 11 is 5.98. The van der Waals surface area contributed by atoms with E-state index in [0.29, 0.717) is 12.1 Å². The fraction of sp³-hybridized carbons (Fsp3) is 0.235. The topological polar surface area (TPSA) is 116 Å². The van der Waals surface area contributed by atoms with Gasteiger partial charge in [-0.15, -0.1) is 0 Å². The van der Waals surface area contributed by atoms with Gasteiger partial charge >= 0.3 is 6.18 Å². The fourth-order valence-electron chi connectivity index (χ4n) is 2.18. The van der Waals surface area contributed by atoms with Crippen LogP contribution >= 0.6 is 11.6 Å². The molecule has 31 heavy (non-hydrogen) atoms. The highest BCUT2D eigenvalue weighted by molar-refractivity contribution is 7.90. The maximum Gasteiger partial charge on any atom is 0.416 e. The molecule has 0 atom stereocenters. The Bertz CT molecular complexity index is 1210. The lowest BCUT2D eigenvalue weighted by Gasteiger charge is -2.16. The highest BCUT2D eigenvalue weighted by Crippen LogP contribution is 2.40. The Balaban J connectivity index is 2.38. The SMILES string of the molecule is CS(=O)(=O)NC(=O)COc1ccc(C(F)(F)F)cc1Oc1ccc(S(C)(=O)=O)cc1Cl. The average molecular weight is 502 g/mol. The van der Waals surface area contributed by atoms with Crippen LogP contribution in [0.1, 0.15) is 5.56 Å². The minimum absolute atomic E-state index is 0.136. The van der Waals surface area contributed by atoms with E-state index in [1.54, 1.807) is 4.72 Å². The van der Waals surface area contributed by atoms with E-state index in [-0.39, 0.29) is 21.4 Å². The van der Waals surface area contributed by atoms with Gasteiger partial charge in [0.25, 0.3) is 5.91 Å². The molecule has 0 aliphatic heterocycles. The van der Waals surface area contributed by atoms with Crippen LogP contribution in [-0.4, -0.2) is 41.9 Å². The van der Waals surface area contributed by atoms with Gasteiger partial charge in [0, 0.05) is 6.26 Å². The Kier molecular flexibility index (Phi) is 7.13. The van der Waals surface area contributed by atoms with E-state index in [1.165, 1.54) is 0 Å². The summed E-state index contributed by atoms with van der Waals surface area (Å²) in [4.78, 5) is 11.5. The van der Waals surface area contributed by atoms with Gasteiger partial charge in [-0.3, -0.25) is 9.52 Å². The van der Waals surface area contributed by atoms with Crippen LogP contribution in [0.3, 0.4) is 0 Å². The van der Waals surface area contributed by atoms with E-state index in [9.17, 15) is 34.8 Å². The number of rotatable bonds is 7. The van der Waals surface area contributed by atoms with Gasteiger partial charge in [-0.1, -0.05) is 11.6 Å². The summed E-state index contributed by atoms with van der Waals surface area (Å²) in [7, 11) is -7.45. The summed E-state index contributed by atoms with van der Waals surface area (Å²) in [6.07, 6.45) is -3.05. The number of hydrogen-bond donors (Lipinski definition) is 1. The normalized spacial score (nSPS) is 12.3. The number of ether oxygens (including phenoxy) is 2. The van der Waals surface area contributed by atoms with Crippen molar-refractivity contribution in [3.63, 3.8) is 0 Å². The molecule has 2 aromatic rings. The number of sulfonamides is 1. The van der Waals surface area contributed by atoms with Crippen molar-refractivity contribution in [3.05, 3.63) is 47.0 Å². The van der Waals surface area contributed by atoms with Crippen LogP contribution in [0.25, 0.3) is 0 Å². The molecule has 0 saturated carbocycles. The molecule has 1 N–H and O–H groups in total. The standard InChI is InChI=1S/C17H15ClF3NO7S2/c1-30(24,25)11-4-6-13(12(18)8-11)29-15-7-10(17(19,20)21)3-5-14(15)28-9-16(23)22-31(2,26)27/h3-8H,9H2,1-2H3,(H,22,23). The number of carbonyl (C=O) groups is 1. The summed E-state index contributed by atoms with van der Waals surface area (Å²) < 4.78 is 96.6. The van der Waals surface area contributed by atoms with Gasteiger partial charge < -0.3 is 9.47 Å². The van der Waals surface area contributed by atoms with Crippen molar-refractivity contribution < 1.29 is 44.3 Å². The summed E-state index contributed by atoms with van der Waals surface area (Å²) in [5.41, 5.74) is -1.10. The first-order chi connectivity index (χ1) is 14.1. The number of sulfone groups is 1. The second-order valence-corrected chi connectivity index (χ2v) is 10.4. The third kappa shape index (κ3) is 7.29. The number of benzene rings is 2. The van der Waals surface area contributed by atoms with Crippen LogP contribution in [-0.2, 0) is 30.8 Å². The zero-order valence-corrected chi connectivity index (χ0v) is 18.2. The Labute approximate surface area is 180 Å². The quantitative estimate of drug-likeness (QED) is 0.620. The van der Waals surface area contributed by atoms with Crippen molar-refractivity contribution in [2.45, 2.75) is 11.1 Å². The molecule has 170 valence electrons. The predicted molar refractivity (Wildman–Crippen MR) is 105 cm³/mol. The van der Waals surface area contributed by atoms with Gasteiger partial charge in [-0.05, 0) is 36.4 Å². The van der Waals surface area contributed by atoms with Gasteiger partial charge in [0.05, 0.1) is 21.7 Å². The lowest BCUT2D eigenvalue weighted by Crippen LogP contribution is -2.33. The molecule has 0 unspecified atom stereocenters. The Morgan fingerprint density at radius 2 is 1.61 bits per heavy atom. The molecule has 0 aromatic heterocycles. The summed E-state index contributed by atoms with van der Waals surface area (Å²) in [5.74, 6) is -2.06. The van der Waals surface area contributed by atoms with Crippen molar-refractivity contribution >= 4 is 37.4 Å². The van der Waals surface area contributed by atoms with Crippen molar-refractivity contribution in [1.82, 2.24) is 4.72 Å². The lowest BCUT2D eigenvalue weighted by molar-refractivity contribution is -0.137. The highest BCUT2D eigenvalue weighted by Gasteiger charge is 2.32. The molecule has 0 saturated heterocycles. The molecule has 0 radical (unpaired) electrons. The first-order valence-electron chi connectivity index (χ1n) is 8.08. The molecular formula is C17H15ClF3NO7S2. The summed E-state index contributed by atoms with van der Waals surface area (Å²) in [6.45, 7) is -0.838. The number of carbonyl (C=O) groups excluding carboxylic acids is 1. The van der Waals surface area contributed by atoms with E-state index in [0.717, 1.165) is 36.8 Å². The minimum Gasteiger partial charge on any atom is -0.480 e. The number of alkyl halides is 3. The van der Waals surface area contributed by atoms with Crippen molar-refractivity contribution in [2.24, 2.45) is 0 Å². The van der Waals surface area contributed by atoms with Gasteiger partial charge in [0.1, 0.15) is 5.75 Å². The Morgan fingerprint density at radius 1 is 1.00 bits per heavy atom. The van der Waals surface area contributed by atoms with E-state index >= 15 is 0 Å². The monoisotopic (exact) mass is 501 g/mol. The number of amides is 1. The molecule has 2 rings (SSSR count).